The molecule has 1 aliphatic heterocycles. The van der Waals surface area contributed by atoms with Crippen molar-refractivity contribution in [1.29, 1.82) is 0 Å². The highest BCUT2D eigenvalue weighted by molar-refractivity contribution is 8.14. The van der Waals surface area contributed by atoms with Crippen molar-refractivity contribution >= 4 is 45.9 Å². The van der Waals surface area contributed by atoms with E-state index in [0.29, 0.717) is 6.42 Å². The number of para-hydroxylation sites is 2. The maximum atomic E-state index is 13.1. The van der Waals surface area contributed by atoms with Crippen molar-refractivity contribution in [3.05, 3.63) is 48.5 Å². The molecule has 0 unspecified atom stereocenters. The minimum Gasteiger partial charge on any atom is -0.288 e. The lowest BCUT2D eigenvalue weighted by molar-refractivity contribution is -0.118. The predicted molar refractivity (Wildman–Crippen MR) is 96.5 cm³/mol. The van der Waals surface area contributed by atoms with E-state index >= 15 is 0 Å². The van der Waals surface area contributed by atoms with Crippen molar-refractivity contribution in [2.45, 2.75) is 35.3 Å². The summed E-state index contributed by atoms with van der Waals surface area (Å²) in [6.45, 7) is 3.45. The molecule has 1 aliphatic rings. The smallest absolute Gasteiger partial charge is 0.245 e. The molecule has 2 aromatic rings. The first-order chi connectivity index (χ1) is 11.1. The van der Waals surface area contributed by atoms with Gasteiger partial charge in [0.05, 0.1) is 16.6 Å². The summed E-state index contributed by atoms with van der Waals surface area (Å²) in [5.74, 6) is -0.0344. The van der Waals surface area contributed by atoms with Gasteiger partial charge in [0.25, 0.3) is 0 Å². The van der Waals surface area contributed by atoms with E-state index in [4.69, 9.17) is 0 Å². The Morgan fingerprint density at radius 1 is 1.04 bits per heavy atom. The highest BCUT2D eigenvalue weighted by atomic mass is 32.2. The zero-order chi connectivity index (χ0) is 16.4. The second-order valence-corrected chi connectivity index (χ2v) is 7.68. The van der Waals surface area contributed by atoms with Crippen molar-refractivity contribution in [3.63, 3.8) is 0 Å². The molecule has 1 heterocycles. The largest absolute Gasteiger partial charge is 0.288 e. The van der Waals surface area contributed by atoms with Gasteiger partial charge in [0.1, 0.15) is 0 Å². The van der Waals surface area contributed by atoms with Crippen LogP contribution in [0.25, 0.3) is 0 Å². The second-order valence-electron chi connectivity index (χ2n) is 5.22. The van der Waals surface area contributed by atoms with Crippen molar-refractivity contribution < 1.29 is 9.59 Å². The van der Waals surface area contributed by atoms with Crippen LogP contribution in [0.4, 0.5) is 11.4 Å². The van der Waals surface area contributed by atoms with Crippen LogP contribution in [-0.2, 0) is 9.59 Å². The molecule has 0 saturated heterocycles. The molecule has 0 spiro atoms. The van der Waals surface area contributed by atoms with Gasteiger partial charge in [0, 0.05) is 16.7 Å². The number of nitrogens with zero attached hydrogens (tertiary/aromatic N) is 1. The number of fused-ring (bicyclic) bond motifs is 2. The zero-order valence-corrected chi connectivity index (χ0v) is 14.6. The summed E-state index contributed by atoms with van der Waals surface area (Å²) < 4.78 is 0. The van der Waals surface area contributed by atoms with Crippen LogP contribution >= 0.6 is 23.5 Å². The quantitative estimate of drug-likeness (QED) is 0.796. The van der Waals surface area contributed by atoms with Gasteiger partial charge in [-0.2, -0.15) is 0 Å². The van der Waals surface area contributed by atoms with Crippen LogP contribution in [0.3, 0.4) is 0 Å². The number of benzene rings is 2. The molecule has 0 bridgehead atoms. The Bertz CT molecular complexity index is 715. The van der Waals surface area contributed by atoms with Crippen LogP contribution in [0.2, 0.25) is 0 Å². The molecule has 23 heavy (non-hydrogen) atoms. The standard InChI is InChI=1S/C18H17NO2S2/c1-3-15(22-12(2)20)18(21)19-13-8-4-6-10-16(13)23-17-11-7-5-9-14(17)19/h4-11,15H,3H2,1-2H3/t15-/m0/s1. The summed E-state index contributed by atoms with van der Waals surface area (Å²) in [5, 5.41) is -0.394. The Morgan fingerprint density at radius 3 is 2.04 bits per heavy atom. The zero-order valence-electron chi connectivity index (χ0n) is 13.0. The van der Waals surface area contributed by atoms with Gasteiger partial charge in [0.15, 0.2) is 5.12 Å². The maximum absolute atomic E-state index is 13.1. The van der Waals surface area contributed by atoms with Gasteiger partial charge in [-0.1, -0.05) is 54.7 Å². The van der Waals surface area contributed by atoms with Gasteiger partial charge in [-0.3, -0.25) is 14.5 Å². The Hall–Kier alpha value is -1.72. The van der Waals surface area contributed by atoms with Crippen LogP contribution < -0.4 is 4.90 Å². The van der Waals surface area contributed by atoms with Crippen LogP contribution in [-0.4, -0.2) is 16.3 Å². The fourth-order valence-corrected chi connectivity index (χ4v) is 4.43. The molecule has 0 N–H and O–H groups in total. The van der Waals surface area contributed by atoms with E-state index in [2.05, 4.69) is 0 Å². The molecule has 5 heteroatoms. The SMILES string of the molecule is CC[C@H](SC(C)=O)C(=O)N1c2ccccc2Sc2ccccc21. The fourth-order valence-electron chi connectivity index (χ4n) is 2.59. The average Bonchev–Trinajstić information content (AvgIpc) is 2.56. The number of anilines is 2. The molecule has 1 amide bonds. The first-order valence-electron chi connectivity index (χ1n) is 7.49. The Kier molecular flexibility index (Phi) is 4.78. The van der Waals surface area contributed by atoms with Crippen molar-refractivity contribution in [2.24, 2.45) is 0 Å². The highest BCUT2D eigenvalue weighted by Gasteiger charge is 2.32. The Labute approximate surface area is 144 Å². The Morgan fingerprint density at radius 2 is 1.57 bits per heavy atom. The van der Waals surface area contributed by atoms with Gasteiger partial charge >= 0.3 is 0 Å². The molecule has 0 radical (unpaired) electrons. The van der Waals surface area contributed by atoms with E-state index in [9.17, 15) is 9.59 Å². The van der Waals surface area contributed by atoms with E-state index < -0.39 is 0 Å². The van der Waals surface area contributed by atoms with Crippen molar-refractivity contribution in [1.82, 2.24) is 0 Å². The van der Waals surface area contributed by atoms with Crippen molar-refractivity contribution in [2.75, 3.05) is 4.90 Å². The number of thioether (sulfide) groups is 1. The number of amides is 1. The van der Waals surface area contributed by atoms with Crippen LogP contribution in [0, 0.1) is 0 Å². The van der Waals surface area contributed by atoms with Crippen LogP contribution in [0.5, 0.6) is 0 Å². The minimum atomic E-state index is -0.364. The average molecular weight is 343 g/mol. The molecule has 0 saturated carbocycles. The van der Waals surface area contributed by atoms with Gasteiger partial charge in [-0.05, 0) is 30.7 Å². The molecule has 2 aromatic carbocycles. The van der Waals surface area contributed by atoms with E-state index in [1.54, 1.807) is 16.7 Å². The lowest BCUT2D eigenvalue weighted by atomic mass is 10.2. The first kappa shape index (κ1) is 16.1. The number of hydrogen-bond donors (Lipinski definition) is 0. The van der Waals surface area contributed by atoms with Crippen molar-refractivity contribution in [3.8, 4) is 0 Å². The van der Waals surface area contributed by atoms with Gasteiger partial charge in [-0.25, -0.2) is 0 Å². The third kappa shape index (κ3) is 3.16. The van der Waals surface area contributed by atoms with E-state index in [1.165, 1.54) is 6.92 Å². The predicted octanol–water partition coefficient (Wildman–Crippen LogP) is 4.87. The fraction of sp³-hybridized carbons (Fsp3) is 0.222. The van der Waals surface area contributed by atoms with E-state index in [0.717, 1.165) is 32.9 Å². The molecule has 3 nitrogen and oxygen atoms in total. The molecule has 0 aliphatic carbocycles. The van der Waals surface area contributed by atoms with Gasteiger partial charge in [-0.15, -0.1) is 0 Å². The number of carbonyl (C=O) groups is 2. The number of hydrogen-bond acceptors (Lipinski definition) is 4. The molecule has 3 rings (SSSR count). The lowest BCUT2D eigenvalue weighted by Crippen LogP contribution is -2.36. The second kappa shape index (κ2) is 6.81. The summed E-state index contributed by atoms with van der Waals surface area (Å²) in [4.78, 5) is 28.5. The lowest BCUT2D eigenvalue weighted by Gasteiger charge is -2.33. The molecule has 118 valence electrons. The minimum absolute atomic E-state index is 0.0295. The topological polar surface area (TPSA) is 37.4 Å². The summed E-state index contributed by atoms with van der Waals surface area (Å²) in [5.41, 5.74) is 1.78. The normalized spacial score (nSPS) is 13.9. The van der Waals surface area contributed by atoms with Crippen LogP contribution in [0.15, 0.2) is 58.3 Å². The Balaban J connectivity index is 2.07. The summed E-state index contributed by atoms with van der Waals surface area (Å²) in [7, 11) is 0. The molecular weight excluding hydrogens is 326 g/mol. The maximum Gasteiger partial charge on any atom is 0.245 e. The highest BCUT2D eigenvalue weighted by Crippen LogP contribution is 2.48. The first-order valence-corrected chi connectivity index (χ1v) is 9.18. The summed E-state index contributed by atoms with van der Waals surface area (Å²) in [6.07, 6.45) is 0.622. The molecule has 0 fully saturated rings. The number of rotatable bonds is 3. The molecular formula is C18H17NO2S2. The van der Waals surface area contributed by atoms with Crippen LogP contribution in [0.1, 0.15) is 20.3 Å². The van der Waals surface area contributed by atoms with E-state index in [1.807, 2.05) is 55.5 Å². The number of carbonyl (C=O) groups excluding carboxylic acids is 2. The third-order valence-electron chi connectivity index (χ3n) is 3.61. The van der Waals surface area contributed by atoms with Gasteiger partial charge < -0.3 is 0 Å². The summed E-state index contributed by atoms with van der Waals surface area (Å²) >= 11 is 2.78. The van der Waals surface area contributed by atoms with Gasteiger partial charge in [0.2, 0.25) is 5.91 Å². The molecule has 1 atom stereocenters. The monoisotopic (exact) mass is 343 g/mol. The molecule has 0 aromatic heterocycles. The van der Waals surface area contributed by atoms with E-state index in [-0.39, 0.29) is 16.3 Å². The third-order valence-corrected chi connectivity index (χ3v) is 5.89. The summed E-state index contributed by atoms with van der Waals surface area (Å²) in [6, 6.07) is 15.8.